The molecule has 2 aromatic rings. The summed E-state index contributed by atoms with van der Waals surface area (Å²) in [5.41, 5.74) is 2.58. The van der Waals surface area contributed by atoms with E-state index < -0.39 is 0 Å². The fourth-order valence-electron chi connectivity index (χ4n) is 3.13. The third kappa shape index (κ3) is 5.98. The van der Waals surface area contributed by atoms with Crippen molar-refractivity contribution < 1.29 is 39.1 Å². The minimum Gasteiger partial charge on any atom is -0.453 e. The van der Waals surface area contributed by atoms with Gasteiger partial charge < -0.3 is 10.3 Å². The van der Waals surface area contributed by atoms with Gasteiger partial charge in [0.25, 0.3) is 0 Å². The van der Waals surface area contributed by atoms with Crippen LogP contribution in [0.1, 0.15) is 37.1 Å². The number of rotatable bonds is 3. The Morgan fingerprint density at radius 3 is 2.31 bits per heavy atom. The van der Waals surface area contributed by atoms with E-state index in [9.17, 15) is 9.59 Å². The summed E-state index contributed by atoms with van der Waals surface area (Å²) in [6.07, 6.45) is 10.8. The molecule has 2 fully saturated rings. The van der Waals surface area contributed by atoms with Gasteiger partial charge in [-0.2, -0.15) is 0 Å². The Labute approximate surface area is 193 Å². The number of nitrogens with one attached hydrogen (secondary N) is 1. The molecule has 1 N–H and O–H groups in total. The predicted octanol–water partition coefficient (Wildman–Crippen LogP) is -0.268. The van der Waals surface area contributed by atoms with Crippen LogP contribution in [0.4, 0.5) is 16.3 Å². The van der Waals surface area contributed by atoms with Crippen LogP contribution < -0.4 is 39.8 Å². The zero-order valence-electron chi connectivity index (χ0n) is 17.5. The maximum Gasteiger partial charge on any atom is 1.00 e. The quantitative estimate of drug-likeness (QED) is 0.430. The van der Waals surface area contributed by atoms with Crippen LogP contribution in [0, 0.1) is 20.0 Å². The molecule has 0 radical (unpaired) electrons. The topological polar surface area (TPSA) is 91.3 Å². The molecule has 29 heavy (non-hydrogen) atoms. The zero-order valence-corrected chi connectivity index (χ0v) is 19.5. The van der Waals surface area contributed by atoms with Gasteiger partial charge in [-0.05, 0) is 43.8 Å². The number of imide groups is 1. The van der Waals surface area contributed by atoms with Gasteiger partial charge in [-0.15, -0.1) is 6.20 Å². The third-order valence-electron chi connectivity index (χ3n) is 5.02. The largest absolute Gasteiger partial charge is 1.00 e. The normalized spacial score (nSPS) is 16.4. The average Bonchev–Trinajstić information content (AvgIpc) is 3.29. The van der Waals surface area contributed by atoms with E-state index in [4.69, 9.17) is 0 Å². The second-order valence-electron chi connectivity index (χ2n) is 7.02. The first-order valence-electron chi connectivity index (χ1n) is 9.42. The number of carbonyl (C=O) groups excluding carboxylic acids is 2. The van der Waals surface area contributed by atoms with Gasteiger partial charge in [0.1, 0.15) is 12.4 Å². The Hall–Kier alpha value is -2.03. The molecule has 4 rings (SSSR count). The number of nitrogens with zero attached hydrogens (tertiary/aromatic N) is 5. The van der Waals surface area contributed by atoms with Crippen LogP contribution in [-0.2, 0) is 4.79 Å². The van der Waals surface area contributed by atoms with Crippen molar-refractivity contribution in [2.45, 2.75) is 45.6 Å². The van der Waals surface area contributed by atoms with Gasteiger partial charge in [0.2, 0.25) is 5.91 Å². The molecule has 0 bridgehead atoms. The molecule has 0 atom stereocenters. The number of aryl methyl sites for hydroxylation is 2. The van der Waals surface area contributed by atoms with Gasteiger partial charge in [-0.1, -0.05) is 25.5 Å². The molecule has 1 aliphatic heterocycles. The fraction of sp³-hybridized carbons (Fsp3) is 0.450. The SMILES string of the molecule is CN1C(=O)CN(c2ccc(NC3CCCC3)nc2)C1=O.Cc1n[c-]cnc1C.[Na+]. The number of carbonyl (C=O) groups is 2. The van der Waals surface area contributed by atoms with Crippen molar-refractivity contribution in [3.63, 3.8) is 0 Å². The van der Waals surface area contributed by atoms with Crippen molar-refractivity contribution in [2.75, 3.05) is 23.8 Å². The molecular formula is C20H25N6NaO2. The molecule has 0 unspecified atom stereocenters. The van der Waals surface area contributed by atoms with Crippen LogP contribution in [0.3, 0.4) is 0 Å². The van der Waals surface area contributed by atoms with Gasteiger partial charge in [-0.3, -0.25) is 19.6 Å². The van der Waals surface area contributed by atoms with Crippen LogP contribution in [0.5, 0.6) is 0 Å². The summed E-state index contributed by atoms with van der Waals surface area (Å²) in [7, 11) is 1.49. The summed E-state index contributed by atoms with van der Waals surface area (Å²) in [5, 5.41) is 3.40. The molecule has 0 spiro atoms. The average molecular weight is 404 g/mol. The number of pyridine rings is 1. The first-order valence-corrected chi connectivity index (χ1v) is 9.42. The van der Waals surface area contributed by atoms with Crippen molar-refractivity contribution in [1.82, 2.24) is 19.9 Å². The summed E-state index contributed by atoms with van der Waals surface area (Å²) in [6, 6.07) is 3.90. The number of aromatic nitrogens is 3. The number of hydrogen-bond acceptors (Lipinski definition) is 6. The van der Waals surface area contributed by atoms with Crippen molar-refractivity contribution >= 4 is 23.4 Å². The van der Waals surface area contributed by atoms with E-state index in [-0.39, 0.29) is 48.0 Å². The van der Waals surface area contributed by atoms with Crippen LogP contribution in [0.2, 0.25) is 0 Å². The molecule has 2 aliphatic rings. The molecule has 3 amide bonds. The first kappa shape index (κ1) is 23.3. The van der Waals surface area contributed by atoms with Crippen LogP contribution in [0.25, 0.3) is 0 Å². The number of hydrogen-bond donors (Lipinski definition) is 1. The summed E-state index contributed by atoms with van der Waals surface area (Å²) in [5.74, 6) is 0.634. The van der Waals surface area contributed by atoms with Crippen molar-refractivity contribution in [2.24, 2.45) is 0 Å². The fourth-order valence-corrected chi connectivity index (χ4v) is 3.13. The van der Waals surface area contributed by atoms with E-state index >= 15 is 0 Å². The van der Waals surface area contributed by atoms with Crippen LogP contribution in [-0.4, -0.2) is 51.4 Å². The predicted molar refractivity (Wildman–Crippen MR) is 106 cm³/mol. The number of anilines is 2. The number of amides is 3. The maximum atomic E-state index is 11.9. The van der Waals surface area contributed by atoms with Crippen molar-refractivity contribution in [3.8, 4) is 0 Å². The second-order valence-corrected chi connectivity index (χ2v) is 7.02. The van der Waals surface area contributed by atoms with E-state index in [2.05, 4.69) is 26.5 Å². The summed E-state index contributed by atoms with van der Waals surface area (Å²) in [6.45, 7) is 3.93. The monoisotopic (exact) mass is 404 g/mol. The Balaban J connectivity index is 0.000000283. The van der Waals surface area contributed by atoms with Gasteiger partial charge in [0.05, 0.1) is 11.9 Å². The van der Waals surface area contributed by atoms with E-state index in [1.54, 1.807) is 12.4 Å². The van der Waals surface area contributed by atoms with Gasteiger partial charge in [0.15, 0.2) is 0 Å². The molecule has 2 aromatic heterocycles. The molecule has 1 saturated carbocycles. The maximum absolute atomic E-state index is 11.9. The van der Waals surface area contributed by atoms with Gasteiger partial charge in [-0.25, -0.2) is 9.78 Å². The molecule has 1 aliphatic carbocycles. The molecular weight excluding hydrogens is 379 g/mol. The molecule has 0 aromatic carbocycles. The molecule has 1 saturated heterocycles. The Kier molecular flexibility index (Phi) is 8.55. The molecule has 9 heteroatoms. The Bertz CT molecular complexity index is 818. The zero-order chi connectivity index (χ0) is 20.1. The smallest absolute Gasteiger partial charge is 0.453 e. The van der Waals surface area contributed by atoms with E-state index in [1.165, 1.54) is 37.6 Å². The third-order valence-corrected chi connectivity index (χ3v) is 5.02. The van der Waals surface area contributed by atoms with Crippen molar-refractivity contribution in [3.05, 3.63) is 42.1 Å². The van der Waals surface area contributed by atoms with E-state index in [1.807, 2.05) is 26.0 Å². The van der Waals surface area contributed by atoms with Crippen LogP contribution in [0.15, 0.2) is 24.5 Å². The minimum atomic E-state index is -0.298. The van der Waals surface area contributed by atoms with Gasteiger partial charge >= 0.3 is 35.6 Å². The van der Waals surface area contributed by atoms with Crippen LogP contribution >= 0.6 is 0 Å². The molecule has 148 valence electrons. The molecule has 3 heterocycles. The number of likely N-dealkylation sites (N-methyl/N-ethyl adjacent to an activating group) is 1. The standard InChI is InChI=1S/C14H18N4O2.C6H7N2.Na/c1-17-13(19)9-18(14(17)20)11-6-7-12(15-8-11)16-10-4-2-3-5-10;1-5-6(2)8-4-3-7-5;/h6-8,10H,2-5,9H2,1H3,(H,15,16);3H,1-2H3;/q;-1;+1. The summed E-state index contributed by atoms with van der Waals surface area (Å²) < 4.78 is 0. The molecule has 8 nitrogen and oxygen atoms in total. The Morgan fingerprint density at radius 1 is 1.10 bits per heavy atom. The van der Waals surface area contributed by atoms with Crippen molar-refractivity contribution in [1.29, 1.82) is 0 Å². The van der Waals surface area contributed by atoms with E-state index in [0.29, 0.717) is 11.7 Å². The Morgan fingerprint density at radius 2 is 1.83 bits per heavy atom. The summed E-state index contributed by atoms with van der Waals surface area (Å²) >= 11 is 0. The summed E-state index contributed by atoms with van der Waals surface area (Å²) in [4.78, 5) is 38.1. The second kappa shape index (κ2) is 10.7. The number of urea groups is 1. The van der Waals surface area contributed by atoms with E-state index in [0.717, 1.165) is 22.1 Å². The first-order chi connectivity index (χ1) is 13.5. The minimum absolute atomic E-state index is 0. The van der Waals surface area contributed by atoms with Gasteiger partial charge in [0, 0.05) is 13.1 Å².